The second kappa shape index (κ2) is 9.02. The molecule has 4 aliphatic rings. The van der Waals surface area contributed by atoms with Crippen molar-refractivity contribution in [2.75, 3.05) is 14.2 Å². The van der Waals surface area contributed by atoms with Crippen LogP contribution in [0.25, 0.3) is 0 Å². The summed E-state index contributed by atoms with van der Waals surface area (Å²) in [5, 5.41) is 0. The molecule has 2 saturated carbocycles. The second-order valence-electron chi connectivity index (χ2n) is 14.1. The van der Waals surface area contributed by atoms with Crippen molar-refractivity contribution in [2.45, 2.75) is 112 Å². The summed E-state index contributed by atoms with van der Waals surface area (Å²) in [6, 6.07) is 0. The smallest absolute Gasteiger partial charge is 0.311 e. The van der Waals surface area contributed by atoms with Gasteiger partial charge in [-0.15, -0.1) is 0 Å². The van der Waals surface area contributed by atoms with E-state index in [9.17, 15) is 9.59 Å². The molecule has 0 spiro atoms. The molecule has 0 bridgehead atoms. The van der Waals surface area contributed by atoms with Gasteiger partial charge >= 0.3 is 11.9 Å². The molecule has 4 aliphatic carbocycles. The van der Waals surface area contributed by atoms with Crippen molar-refractivity contribution >= 4 is 11.9 Å². The number of hydrogen-bond acceptors (Lipinski definition) is 4. The number of allylic oxidation sites excluding steroid dienone is 3. The van der Waals surface area contributed by atoms with Gasteiger partial charge in [0.1, 0.15) is 0 Å². The molecule has 36 heavy (non-hydrogen) atoms. The number of carbonyl (C=O) groups is 2. The summed E-state index contributed by atoms with van der Waals surface area (Å²) in [4.78, 5) is 25.1. The normalized spacial score (nSPS) is 44.1. The molecule has 4 rings (SSSR count). The summed E-state index contributed by atoms with van der Waals surface area (Å²) < 4.78 is 10.4. The molecule has 0 unspecified atom stereocenters. The molecule has 0 amide bonds. The Morgan fingerprint density at radius 3 is 2.19 bits per heavy atom. The first-order valence-electron chi connectivity index (χ1n) is 14.2. The molecular formula is C32H50O4. The molecule has 0 N–H and O–H groups in total. The Morgan fingerprint density at radius 2 is 1.58 bits per heavy atom. The number of ether oxygens (including phenoxy) is 2. The lowest BCUT2D eigenvalue weighted by Gasteiger charge is -2.68. The minimum Gasteiger partial charge on any atom is -0.469 e. The molecular weight excluding hydrogens is 448 g/mol. The van der Waals surface area contributed by atoms with Crippen molar-refractivity contribution < 1.29 is 19.1 Å². The van der Waals surface area contributed by atoms with Gasteiger partial charge in [-0.1, -0.05) is 51.0 Å². The van der Waals surface area contributed by atoms with Crippen LogP contribution in [0.3, 0.4) is 0 Å². The van der Waals surface area contributed by atoms with Crippen molar-refractivity contribution in [3.8, 4) is 0 Å². The average molecular weight is 499 g/mol. The Bertz CT molecular complexity index is 979. The van der Waals surface area contributed by atoms with Crippen molar-refractivity contribution in [3.05, 3.63) is 23.3 Å². The van der Waals surface area contributed by atoms with E-state index in [0.717, 1.165) is 51.4 Å². The van der Waals surface area contributed by atoms with E-state index in [1.807, 2.05) is 0 Å². The highest BCUT2D eigenvalue weighted by atomic mass is 16.5. The Labute approximate surface area is 219 Å². The number of hydrogen-bond donors (Lipinski definition) is 0. The average Bonchev–Trinajstić information content (AvgIpc) is 2.84. The minimum absolute atomic E-state index is 0.0338. The predicted molar refractivity (Wildman–Crippen MR) is 144 cm³/mol. The van der Waals surface area contributed by atoms with Gasteiger partial charge in [0.15, 0.2) is 0 Å². The number of carbonyl (C=O) groups excluding carboxylic acids is 2. The van der Waals surface area contributed by atoms with Crippen LogP contribution in [0.5, 0.6) is 0 Å². The van der Waals surface area contributed by atoms with Gasteiger partial charge in [-0.25, -0.2) is 0 Å². The van der Waals surface area contributed by atoms with E-state index in [1.165, 1.54) is 25.5 Å². The largest absolute Gasteiger partial charge is 0.469 e. The predicted octanol–water partition coefficient (Wildman–Crippen LogP) is 7.81. The van der Waals surface area contributed by atoms with Crippen LogP contribution in [0.1, 0.15) is 112 Å². The fourth-order valence-corrected chi connectivity index (χ4v) is 9.73. The highest BCUT2D eigenvalue weighted by Crippen LogP contribution is 2.74. The van der Waals surface area contributed by atoms with E-state index in [4.69, 9.17) is 9.47 Å². The summed E-state index contributed by atoms with van der Waals surface area (Å²) in [6.07, 6.45) is 11.2. The molecule has 2 fully saturated rings. The Balaban J connectivity index is 1.78. The van der Waals surface area contributed by atoms with Crippen molar-refractivity contribution in [3.63, 3.8) is 0 Å². The molecule has 0 aliphatic heterocycles. The zero-order valence-electron chi connectivity index (χ0n) is 24.3. The summed E-state index contributed by atoms with van der Waals surface area (Å²) >= 11 is 0. The number of rotatable bonds is 5. The highest BCUT2D eigenvalue weighted by Gasteiger charge is 2.65. The van der Waals surface area contributed by atoms with E-state index in [1.54, 1.807) is 18.3 Å². The maximum absolute atomic E-state index is 12.9. The van der Waals surface area contributed by atoms with Gasteiger partial charge in [0.05, 0.1) is 19.6 Å². The van der Waals surface area contributed by atoms with Crippen LogP contribution in [0.2, 0.25) is 0 Å². The van der Waals surface area contributed by atoms with Gasteiger partial charge in [0, 0.05) is 6.42 Å². The molecule has 4 nitrogen and oxygen atoms in total. The minimum atomic E-state index is -0.387. The molecule has 7 atom stereocenters. The monoisotopic (exact) mass is 498 g/mol. The molecule has 0 heterocycles. The molecule has 0 aromatic rings. The third-order valence-corrected chi connectivity index (χ3v) is 12.4. The van der Waals surface area contributed by atoms with Crippen LogP contribution in [-0.2, 0) is 19.1 Å². The summed E-state index contributed by atoms with van der Waals surface area (Å²) in [6.45, 7) is 18.7. The number of esters is 2. The highest BCUT2D eigenvalue weighted by molar-refractivity contribution is 5.76. The third-order valence-electron chi connectivity index (χ3n) is 12.4. The summed E-state index contributed by atoms with van der Waals surface area (Å²) in [5.74, 6) is 0.748. The van der Waals surface area contributed by atoms with E-state index >= 15 is 0 Å². The fourth-order valence-electron chi connectivity index (χ4n) is 9.73. The van der Waals surface area contributed by atoms with Crippen LogP contribution >= 0.6 is 0 Å². The first-order valence-corrected chi connectivity index (χ1v) is 14.2. The Kier molecular flexibility index (Phi) is 6.88. The molecule has 202 valence electrons. The molecule has 0 aromatic carbocycles. The SMILES string of the molecule is C=C(C)[C@@H]1CCC2=C(CC[C@@]3(C)[C@@H]4C[C@](C)(C(=O)OC)CC[C@]4(C)CC[C@]23C)[C@@]1(C)CCC(=O)OC. The fraction of sp³-hybridized carbons (Fsp3) is 0.812. The molecule has 0 saturated heterocycles. The van der Waals surface area contributed by atoms with Gasteiger partial charge < -0.3 is 9.47 Å². The summed E-state index contributed by atoms with van der Waals surface area (Å²) in [5.41, 5.74) is 4.63. The third kappa shape index (κ3) is 3.83. The zero-order chi connectivity index (χ0) is 26.7. The van der Waals surface area contributed by atoms with Gasteiger partial charge in [0.25, 0.3) is 0 Å². The lowest BCUT2D eigenvalue weighted by molar-refractivity contribution is -0.176. The van der Waals surface area contributed by atoms with E-state index in [0.29, 0.717) is 18.3 Å². The van der Waals surface area contributed by atoms with Crippen LogP contribution in [0.15, 0.2) is 23.3 Å². The van der Waals surface area contributed by atoms with Gasteiger partial charge in [-0.05, 0) is 112 Å². The molecule has 0 aromatic heterocycles. The zero-order valence-corrected chi connectivity index (χ0v) is 24.3. The van der Waals surface area contributed by atoms with E-state index in [-0.39, 0.29) is 39.0 Å². The quantitative estimate of drug-likeness (QED) is 0.286. The lowest BCUT2D eigenvalue weighted by atomic mass is 9.36. The van der Waals surface area contributed by atoms with Crippen LogP contribution < -0.4 is 0 Å². The van der Waals surface area contributed by atoms with Crippen LogP contribution in [0.4, 0.5) is 0 Å². The van der Waals surface area contributed by atoms with Crippen molar-refractivity contribution in [1.29, 1.82) is 0 Å². The van der Waals surface area contributed by atoms with Crippen LogP contribution in [0, 0.1) is 38.9 Å². The first-order chi connectivity index (χ1) is 16.7. The lowest BCUT2D eigenvalue weighted by Crippen LogP contribution is -2.60. The maximum atomic E-state index is 12.9. The van der Waals surface area contributed by atoms with Gasteiger partial charge in [0.2, 0.25) is 0 Å². The van der Waals surface area contributed by atoms with Crippen molar-refractivity contribution in [2.24, 2.45) is 38.9 Å². The molecule has 0 radical (unpaired) electrons. The Hall–Kier alpha value is -1.58. The van der Waals surface area contributed by atoms with Gasteiger partial charge in [-0.3, -0.25) is 9.59 Å². The Morgan fingerprint density at radius 1 is 0.917 bits per heavy atom. The second-order valence-corrected chi connectivity index (χ2v) is 14.1. The number of fused-ring (bicyclic) bond motifs is 4. The van der Waals surface area contributed by atoms with E-state index < -0.39 is 0 Å². The van der Waals surface area contributed by atoms with Crippen LogP contribution in [-0.4, -0.2) is 26.2 Å². The summed E-state index contributed by atoms with van der Waals surface area (Å²) in [7, 11) is 3.03. The van der Waals surface area contributed by atoms with Gasteiger partial charge in [-0.2, -0.15) is 0 Å². The van der Waals surface area contributed by atoms with E-state index in [2.05, 4.69) is 48.1 Å². The topological polar surface area (TPSA) is 52.6 Å². The maximum Gasteiger partial charge on any atom is 0.311 e. The first kappa shape index (κ1) is 27.5. The van der Waals surface area contributed by atoms with Crippen molar-refractivity contribution in [1.82, 2.24) is 0 Å². The standard InChI is InChI=1S/C32H50O4/c1-21(2)22-10-11-24-23(30(22,5)14-13-26(33)35-8)12-15-32(7)25-20-29(4,27(34)36-9)17-16-28(25,3)18-19-31(24,32)6/h22,25H,1,10-20H2,2-9H3/t22-,25+,28+,29+,30-,31+,32-/m0/s1. The molecule has 4 heteroatoms. The number of methoxy groups -OCH3 is 2.